The van der Waals surface area contributed by atoms with Crippen LogP contribution in [0.2, 0.25) is 0 Å². The molecule has 1 heterocycles. The Bertz CT molecular complexity index is 133. The average molecular weight is 282 g/mol. The van der Waals surface area contributed by atoms with Gasteiger partial charge in [-0.2, -0.15) is 0 Å². The Morgan fingerprint density at radius 2 is 1.58 bits per heavy atom. The third kappa shape index (κ3) is 15.7. The van der Waals surface area contributed by atoms with E-state index in [1.165, 1.54) is 0 Å². The van der Waals surface area contributed by atoms with E-state index < -0.39 is 0 Å². The number of rotatable bonds is 6. The molecule has 0 aromatic heterocycles. The van der Waals surface area contributed by atoms with Gasteiger partial charge in [0.25, 0.3) is 0 Å². The zero-order chi connectivity index (χ0) is 15.5. The third-order valence-electron chi connectivity index (χ3n) is 2.04. The lowest BCUT2D eigenvalue weighted by molar-refractivity contribution is 0.00541. The van der Waals surface area contributed by atoms with Crippen molar-refractivity contribution in [2.75, 3.05) is 47.8 Å². The van der Waals surface area contributed by atoms with Gasteiger partial charge in [-0.3, -0.25) is 0 Å². The first-order chi connectivity index (χ1) is 9.36. The van der Waals surface area contributed by atoms with E-state index in [1.807, 2.05) is 27.7 Å². The van der Waals surface area contributed by atoms with E-state index in [0.29, 0.717) is 26.4 Å². The molecule has 0 aromatic rings. The molecule has 19 heavy (non-hydrogen) atoms. The maximum atomic E-state index is 7.00. The summed E-state index contributed by atoms with van der Waals surface area (Å²) < 4.78 is 20.8. The Morgan fingerprint density at radius 3 is 2.05 bits per heavy atom. The highest BCUT2D eigenvalue weighted by atomic mass is 16.6. The zero-order valence-corrected chi connectivity index (χ0v) is 13.8. The molecule has 0 aliphatic carbocycles. The molecule has 1 aliphatic rings. The molecule has 1 rings (SSSR count). The minimum Gasteiger partial charge on any atom is -0.400 e. The number of hydrogen-bond acceptors (Lipinski definition) is 5. The van der Waals surface area contributed by atoms with Crippen molar-refractivity contribution in [1.29, 1.82) is 0 Å². The van der Waals surface area contributed by atoms with Crippen LogP contribution in [-0.2, 0) is 18.9 Å². The van der Waals surface area contributed by atoms with Gasteiger partial charge in [0.1, 0.15) is 0 Å². The van der Waals surface area contributed by atoms with Crippen molar-refractivity contribution in [2.24, 2.45) is 0 Å². The van der Waals surface area contributed by atoms with Crippen LogP contribution in [0.3, 0.4) is 0 Å². The molecule has 2 unspecified atom stereocenters. The molecule has 1 fully saturated rings. The van der Waals surface area contributed by atoms with E-state index in [-0.39, 0.29) is 12.2 Å². The number of hydrogen-bond donors (Lipinski definition) is 1. The van der Waals surface area contributed by atoms with Crippen LogP contribution in [0, 0.1) is 0 Å². The molecule has 0 bridgehead atoms. The van der Waals surface area contributed by atoms with Gasteiger partial charge >= 0.3 is 0 Å². The summed E-state index contributed by atoms with van der Waals surface area (Å²) in [5, 5.41) is 7.00. The van der Waals surface area contributed by atoms with E-state index >= 15 is 0 Å². The fourth-order valence-electron chi connectivity index (χ4n) is 1.39. The normalized spacial score (nSPS) is 20.2. The van der Waals surface area contributed by atoms with Crippen LogP contribution >= 0.6 is 0 Å². The van der Waals surface area contributed by atoms with Crippen molar-refractivity contribution in [3.05, 3.63) is 0 Å². The van der Waals surface area contributed by atoms with Crippen molar-refractivity contribution < 1.29 is 24.1 Å². The number of aliphatic hydroxyl groups excluding tert-OH is 1. The quantitative estimate of drug-likeness (QED) is 0.756. The van der Waals surface area contributed by atoms with Crippen molar-refractivity contribution in [2.45, 2.75) is 46.3 Å². The predicted octanol–water partition coefficient (Wildman–Crippen LogP) is 2.11. The maximum Gasteiger partial charge on any atom is 0.0835 e. The van der Waals surface area contributed by atoms with E-state index in [2.05, 4.69) is 0 Å². The van der Waals surface area contributed by atoms with Crippen LogP contribution in [-0.4, -0.2) is 65.1 Å². The Kier molecular flexibility index (Phi) is 28.8. The van der Waals surface area contributed by atoms with Crippen LogP contribution in [0.4, 0.5) is 0 Å². The van der Waals surface area contributed by atoms with E-state index in [1.54, 1.807) is 14.2 Å². The number of methoxy groups -OCH3 is 2. The van der Waals surface area contributed by atoms with Gasteiger partial charge in [-0.15, -0.1) is 0 Å². The third-order valence-corrected chi connectivity index (χ3v) is 2.04. The van der Waals surface area contributed by atoms with Gasteiger partial charge in [0.15, 0.2) is 0 Å². The van der Waals surface area contributed by atoms with E-state index in [9.17, 15) is 0 Å². The van der Waals surface area contributed by atoms with Gasteiger partial charge in [-0.25, -0.2) is 0 Å². The largest absolute Gasteiger partial charge is 0.400 e. The van der Waals surface area contributed by atoms with Gasteiger partial charge in [-0.1, -0.05) is 27.7 Å². The first-order valence-corrected chi connectivity index (χ1v) is 7.02. The Morgan fingerprint density at radius 1 is 1.00 bits per heavy atom. The zero-order valence-electron chi connectivity index (χ0n) is 13.8. The van der Waals surface area contributed by atoms with Crippen LogP contribution in [0.25, 0.3) is 0 Å². The molecule has 2 atom stereocenters. The summed E-state index contributed by atoms with van der Waals surface area (Å²) in [4.78, 5) is 0. The topological polar surface area (TPSA) is 57.2 Å². The molecule has 1 saturated heterocycles. The van der Waals surface area contributed by atoms with Crippen molar-refractivity contribution >= 4 is 0 Å². The summed E-state index contributed by atoms with van der Waals surface area (Å²) in [6.45, 7) is 10.6. The molecule has 0 saturated carbocycles. The van der Waals surface area contributed by atoms with Crippen molar-refractivity contribution in [1.82, 2.24) is 0 Å². The first kappa shape index (κ1) is 23.9. The molecule has 5 heteroatoms. The van der Waals surface area contributed by atoms with Gasteiger partial charge in [0, 0.05) is 27.8 Å². The fourth-order valence-corrected chi connectivity index (χ4v) is 1.39. The summed E-state index contributed by atoms with van der Waals surface area (Å²) in [7, 11) is 4.35. The highest BCUT2D eigenvalue weighted by molar-refractivity contribution is 4.73. The number of aliphatic hydroxyl groups is 1. The summed E-state index contributed by atoms with van der Waals surface area (Å²) in [6, 6.07) is 0. The Hall–Kier alpha value is -0.200. The second-order valence-electron chi connectivity index (χ2n) is 3.13. The van der Waals surface area contributed by atoms with E-state index in [0.717, 1.165) is 13.5 Å². The molecule has 0 amide bonds. The predicted molar refractivity (Wildman–Crippen MR) is 78.7 cm³/mol. The smallest absolute Gasteiger partial charge is 0.0835 e. The summed E-state index contributed by atoms with van der Waals surface area (Å²) in [5.74, 6) is 0. The first-order valence-electron chi connectivity index (χ1n) is 7.02. The van der Waals surface area contributed by atoms with Crippen LogP contribution in [0.15, 0.2) is 0 Å². The van der Waals surface area contributed by atoms with Gasteiger partial charge < -0.3 is 24.1 Å². The maximum absolute atomic E-state index is 7.00. The fraction of sp³-hybridized carbons (Fsp3) is 1.00. The summed E-state index contributed by atoms with van der Waals surface area (Å²) >= 11 is 0. The monoisotopic (exact) mass is 282 g/mol. The van der Waals surface area contributed by atoms with E-state index in [4.69, 9.17) is 24.1 Å². The average Bonchev–Trinajstić information content (AvgIpc) is 2.94. The molecular formula is C14H34O5. The standard InChI is InChI=1S/C9H18O4.2C2H6.CH4O/c1-10-3-4-12-9-5-8(6-11-2)13-7-9;3*1-2/h8-9H,3-7H2,1-2H3;2*1-2H3;2H,1H3. The minimum atomic E-state index is 0.206. The lowest BCUT2D eigenvalue weighted by Crippen LogP contribution is -2.17. The SMILES string of the molecule is CC.CC.CO.COCCOC1COC(COC)C1. The highest BCUT2D eigenvalue weighted by Gasteiger charge is 2.25. The molecule has 5 nitrogen and oxygen atoms in total. The molecule has 0 radical (unpaired) electrons. The van der Waals surface area contributed by atoms with Gasteiger partial charge in [0.2, 0.25) is 0 Å². The lowest BCUT2D eigenvalue weighted by Gasteiger charge is -2.09. The minimum absolute atomic E-state index is 0.206. The Labute approximate surface area is 119 Å². The van der Waals surface area contributed by atoms with Crippen LogP contribution < -0.4 is 0 Å². The van der Waals surface area contributed by atoms with Crippen molar-refractivity contribution in [3.8, 4) is 0 Å². The Balaban J connectivity index is -0.000000375. The van der Waals surface area contributed by atoms with Crippen LogP contribution in [0.1, 0.15) is 34.1 Å². The molecule has 120 valence electrons. The molecular weight excluding hydrogens is 248 g/mol. The molecule has 0 spiro atoms. The highest BCUT2D eigenvalue weighted by Crippen LogP contribution is 2.16. The van der Waals surface area contributed by atoms with Crippen LogP contribution in [0.5, 0.6) is 0 Å². The second-order valence-corrected chi connectivity index (χ2v) is 3.13. The molecule has 0 aromatic carbocycles. The van der Waals surface area contributed by atoms with Gasteiger partial charge in [0.05, 0.1) is 38.6 Å². The second kappa shape index (κ2) is 22.9. The van der Waals surface area contributed by atoms with Crippen molar-refractivity contribution in [3.63, 3.8) is 0 Å². The lowest BCUT2D eigenvalue weighted by atomic mass is 10.2. The summed E-state index contributed by atoms with van der Waals surface area (Å²) in [6.07, 6.45) is 1.35. The molecule has 1 N–H and O–H groups in total. The molecule has 1 aliphatic heterocycles. The number of ether oxygens (including phenoxy) is 4. The summed E-state index contributed by atoms with van der Waals surface area (Å²) in [5.41, 5.74) is 0. The van der Waals surface area contributed by atoms with Gasteiger partial charge in [-0.05, 0) is 0 Å².